The van der Waals surface area contributed by atoms with Gasteiger partial charge in [-0.3, -0.25) is 14.4 Å². The number of hydrogen-bond acceptors (Lipinski definition) is 6. The van der Waals surface area contributed by atoms with Gasteiger partial charge in [0.05, 0.1) is 12.6 Å². The molecule has 0 spiro atoms. The highest BCUT2D eigenvalue weighted by Crippen LogP contribution is 2.16. The van der Waals surface area contributed by atoms with Crippen LogP contribution in [-0.2, 0) is 24.4 Å². The maximum Gasteiger partial charge on any atom is 0.264 e. The van der Waals surface area contributed by atoms with Crippen molar-refractivity contribution in [1.29, 1.82) is 0 Å². The zero-order chi connectivity index (χ0) is 18.4. The van der Waals surface area contributed by atoms with Crippen LogP contribution in [0, 0.1) is 6.42 Å². The largest absolute Gasteiger partial charge is 0.346 e. The molecule has 2 rings (SSSR count). The number of Topliss-reactive ketones (excluding diaryl/α,β-unsaturated/α-hetero) is 2. The molecule has 0 aliphatic carbocycles. The van der Waals surface area contributed by atoms with Crippen LogP contribution >= 0.6 is 0 Å². The number of carbonyl (C=O) groups excluding carboxylic acids is 3. The molecule has 1 amide bonds. The summed E-state index contributed by atoms with van der Waals surface area (Å²) < 4.78 is 26.2. The molecular weight excluding hydrogens is 346 g/mol. The van der Waals surface area contributed by atoms with Crippen molar-refractivity contribution in [3.63, 3.8) is 0 Å². The van der Waals surface area contributed by atoms with E-state index in [0.29, 0.717) is 19.3 Å². The van der Waals surface area contributed by atoms with Crippen molar-refractivity contribution in [2.45, 2.75) is 45.1 Å². The first-order valence-electron chi connectivity index (χ1n) is 8.28. The van der Waals surface area contributed by atoms with Gasteiger partial charge in [-0.05, 0) is 19.3 Å². The summed E-state index contributed by atoms with van der Waals surface area (Å²) >= 11 is 0. The summed E-state index contributed by atoms with van der Waals surface area (Å²) in [5.74, 6) is -1.30. The number of rotatable bonds is 5. The molecule has 1 fully saturated rings. The van der Waals surface area contributed by atoms with Crippen LogP contribution in [0.2, 0.25) is 0 Å². The number of carbonyl (C=O) groups is 3. The zero-order valence-corrected chi connectivity index (χ0v) is 14.9. The minimum atomic E-state index is -4.12. The average Bonchev–Trinajstić information content (AvgIpc) is 2.75. The average molecular weight is 368 g/mol. The quantitative estimate of drug-likeness (QED) is 0.752. The summed E-state index contributed by atoms with van der Waals surface area (Å²) in [5, 5.41) is 2.10. The number of hydrogen-bond donors (Lipinski definition) is 1. The van der Waals surface area contributed by atoms with E-state index in [4.69, 9.17) is 0 Å². The smallest absolute Gasteiger partial charge is 0.264 e. The molecule has 137 valence electrons. The van der Waals surface area contributed by atoms with Crippen LogP contribution in [0.4, 0.5) is 0 Å². The van der Waals surface area contributed by atoms with Gasteiger partial charge in [0.2, 0.25) is 11.0 Å². The van der Waals surface area contributed by atoms with Crippen molar-refractivity contribution in [3.05, 3.63) is 18.7 Å². The van der Waals surface area contributed by atoms with Crippen LogP contribution < -0.4 is 5.32 Å². The monoisotopic (exact) mass is 368 g/mol. The molecule has 1 atom stereocenters. The van der Waals surface area contributed by atoms with Crippen molar-refractivity contribution < 1.29 is 22.8 Å². The van der Waals surface area contributed by atoms with E-state index >= 15 is 0 Å². The third-order valence-corrected chi connectivity index (χ3v) is 5.79. The van der Waals surface area contributed by atoms with Gasteiger partial charge in [-0.25, -0.2) is 13.4 Å². The molecule has 0 saturated carbocycles. The number of sulfonamides is 1. The number of amides is 1. The molecule has 0 aromatic rings. The lowest BCUT2D eigenvalue weighted by atomic mass is 10.1. The SMILES string of the molecule is CCC[CH]C(=O)NC1CCCN(S(=O)(=O)C2=NC=CCC2=O)CC1=O. The molecule has 2 heterocycles. The van der Waals surface area contributed by atoms with Crippen molar-refractivity contribution in [2.24, 2.45) is 4.99 Å². The highest BCUT2D eigenvalue weighted by Gasteiger charge is 2.37. The molecule has 1 saturated heterocycles. The van der Waals surface area contributed by atoms with Crippen LogP contribution in [0.1, 0.15) is 39.0 Å². The fourth-order valence-electron chi connectivity index (χ4n) is 2.63. The van der Waals surface area contributed by atoms with Gasteiger partial charge in [0.15, 0.2) is 11.6 Å². The standard InChI is InChI=1S/C16H22N3O5S/c1-2-3-8-15(22)18-12-6-5-10-19(11-14(12)21)25(23,24)16-13(20)7-4-9-17-16/h4,8-9,12H,2-3,5-7,10-11H2,1H3,(H,18,22). The molecule has 8 nitrogen and oxygen atoms in total. The van der Waals surface area contributed by atoms with Gasteiger partial charge >= 0.3 is 0 Å². The molecule has 2 aliphatic rings. The first-order valence-corrected chi connectivity index (χ1v) is 9.73. The highest BCUT2D eigenvalue weighted by molar-refractivity contribution is 8.06. The first kappa shape index (κ1) is 19.5. The second-order valence-corrected chi connectivity index (χ2v) is 7.80. The Balaban J connectivity index is 2.07. The normalized spacial score (nSPS) is 22.4. The molecule has 1 N–H and O–H groups in total. The van der Waals surface area contributed by atoms with E-state index < -0.39 is 32.7 Å². The fourth-order valence-corrected chi connectivity index (χ4v) is 4.11. The third kappa shape index (κ3) is 4.82. The Morgan fingerprint density at radius 3 is 2.88 bits per heavy atom. The van der Waals surface area contributed by atoms with Crippen molar-refractivity contribution >= 4 is 32.5 Å². The van der Waals surface area contributed by atoms with Crippen molar-refractivity contribution in [3.8, 4) is 0 Å². The topological polar surface area (TPSA) is 113 Å². The Kier molecular flexibility index (Phi) is 6.60. The lowest BCUT2D eigenvalue weighted by Gasteiger charge is -2.20. The minimum Gasteiger partial charge on any atom is -0.346 e. The van der Waals surface area contributed by atoms with Gasteiger partial charge in [0.1, 0.15) is 0 Å². The first-order chi connectivity index (χ1) is 11.9. The Morgan fingerprint density at radius 1 is 1.44 bits per heavy atom. The molecule has 0 aromatic carbocycles. The predicted octanol–water partition coefficient (Wildman–Crippen LogP) is 0.355. The Labute approximate surface area is 147 Å². The van der Waals surface area contributed by atoms with Gasteiger partial charge in [-0.15, -0.1) is 0 Å². The van der Waals surface area contributed by atoms with E-state index in [9.17, 15) is 22.8 Å². The van der Waals surface area contributed by atoms with Crippen molar-refractivity contribution in [2.75, 3.05) is 13.1 Å². The van der Waals surface area contributed by atoms with Gasteiger partial charge in [-0.2, -0.15) is 4.31 Å². The summed E-state index contributed by atoms with van der Waals surface area (Å²) in [5.41, 5.74) is 0. The van der Waals surface area contributed by atoms with Crippen LogP contribution in [0.3, 0.4) is 0 Å². The molecule has 2 aliphatic heterocycles. The molecule has 25 heavy (non-hydrogen) atoms. The predicted molar refractivity (Wildman–Crippen MR) is 92.1 cm³/mol. The summed E-state index contributed by atoms with van der Waals surface area (Å²) in [6.07, 6.45) is 6.41. The summed E-state index contributed by atoms with van der Waals surface area (Å²) in [7, 11) is -4.12. The Bertz CT molecular complexity index is 711. The fraction of sp³-hybridized carbons (Fsp3) is 0.562. The highest BCUT2D eigenvalue weighted by atomic mass is 32.2. The lowest BCUT2D eigenvalue weighted by molar-refractivity contribution is -0.126. The summed E-state index contributed by atoms with van der Waals surface area (Å²) in [4.78, 5) is 39.7. The second kappa shape index (κ2) is 8.48. The lowest BCUT2D eigenvalue weighted by Crippen LogP contribution is -2.46. The molecule has 1 unspecified atom stereocenters. The van der Waals surface area contributed by atoms with Gasteiger partial charge in [0.25, 0.3) is 10.0 Å². The molecular formula is C16H22N3O5S. The van der Waals surface area contributed by atoms with Crippen LogP contribution in [0.25, 0.3) is 0 Å². The number of unbranched alkanes of at least 4 members (excludes halogenated alkanes) is 1. The number of nitrogens with one attached hydrogen (secondary N) is 1. The van der Waals surface area contributed by atoms with E-state index in [1.165, 1.54) is 18.7 Å². The number of ketones is 2. The third-order valence-electron chi connectivity index (χ3n) is 3.98. The summed E-state index contributed by atoms with van der Waals surface area (Å²) in [6.45, 7) is 1.67. The molecule has 9 heteroatoms. The van der Waals surface area contributed by atoms with E-state index in [2.05, 4.69) is 10.3 Å². The van der Waals surface area contributed by atoms with Gasteiger partial charge < -0.3 is 5.32 Å². The summed E-state index contributed by atoms with van der Waals surface area (Å²) in [6, 6.07) is -0.718. The van der Waals surface area contributed by atoms with Crippen LogP contribution in [-0.4, -0.2) is 54.4 Å². The number of allylic oxidation sites excluding steroid dienone is 1. The molecule has 0 bridgehead atoms. The van der Waals surface area contributed by atoms with Gasteiger partial charge in [-0.1, -0.05) is 19.4 Å². The van der Waals surface area contributed by atoms with E-state index in [1.807, 2.05) is 6.92 Å². The van der Waals surface area contributed by atoms with E-state index in [0.717, 1.165) is 10.7 Å². The number of nitrogens with zero attached hydrogens (tertiary/aromatic N) is 2. The number of aliphatic imine (C=N–C) groups is 1. The zero-order valence-electron chi connectivity index (χ0n) is 14.1. The maximum absolute atomic E-state index is 12.6. The Morgan fingerprint density at radius 2 is 2.20 bits per heavy atom. The second-order valence-electron chi connectivity index (χ2n) is 5.95. The van der Waals surface area contributed by atoms with Crippen LogP contribution in [0.15, 0.2) is 17.3 Å². The maximum atomic E-state index is 12.6. The molecule has 1 radical (unpaired) electrons. The van der Waals surface area contributed by atoms with E-state index in [1.54, 1.807) is 0 Å². The van der Waals surface area contributed by atoms with E-state index in [-0.39, 0.29) is 25.4 Å². The van der Waals surface area contributed by atoms with Gasteiger partial charge in [0, 0.05) is 25.6 Å². The Hall–Kier alpha value is -1.87. The minimum absolute atomic E-state index is 0.0220. The van der Waals surface area contributed by atoms with Crippen LogP contribution in [0.5, 0.6) is 0 Å². The van der Waals surface area contributed by atoms with Crippen molar-refractivity contribution in [1.82, 2.24) is 9.62 Å². The molecule has 0 aromatic heterocycles.